The monoisotopic (exact) mass is 415 g/mol. The van der Waals surface area contributed by atoms with Gasteiger partial charge in [0.05, 0.1) is 7.11 Å². The van der Waals surface area contributed by atoms with Crippen LogP contribution in [0.5, 0.6) is 11.5 Å². The topological polar surface area (TPSA) is 72.6 Å². The highest BCUT2D eigenvalue weighted by Gasteiger charge is 2.16. The first kappa shape index (κ1) is 25.8. The lowest BCUT2D eigenvalue weighted by Gasteiger charge is -2.14. The van der Waals surface area contributed by atoms with Gasteiger partial charge in [0.1, 0.15) is 0 Å². The molecule has 1 atom stereocenters. The normalized spacial score (nSPS) is 12.6. The SMILES string of the molecule is CCCCC/C=C\C/C=C\CCCCCCC(Cc1ccc(O)c(OC)c1)C(N)=O. The Morgan fingerprint density at radius 2 is 1.70 bits per heavy atom. The van der Waals surface area contributed by atoms with Crippen LogP contribution in [0.25, 0.3) is 0 Å². The Labute approximate surface area is 183 Å². The highest BCUT2D eigenvalue weighted by molar-refractivity contribution is 5.77. The third-order valence-electron chi connectivity index (χ3n) is 5.38. The van der Waals surface area contributed by atoms with E-state index in [1.165, 1.54) is 45.6 Å². The molecule has 0 saturated carbocycles. The van der Waals surface area contributed by atoms with E-state index in [-0.39, 0.29) is 17.6 Å². The lowest BCUT2D eigenvalue weighted by molar-refractivity contribution is -0.122. The number of amides is 1. The van der Waals surface area contributed by atoms with Gasteiger partial charge in [0.2, 0.25) is 5.91 Å². The van der Waals surface area contributed by atoms with E-state index in [1.54, 1.807) is 12.1 Å². The van der Waals surface area contributed by atoms with Crippen LogP contribution in [0.4, 0.5) is 0 Å². The summed E-state index contributed by atoms with van der Waals surface area (Å²) in [5.41, 5.74) is 6.56. The molecule has 168 valence electrons. The van der Waals surface area contributed by atoms with Crippen molar-refractivity contribution in [2.24, 2.45) is 11.7 Å². The molecule has 1 amide bonds. The maximum Gasteiger partial charge on any atom is 0.220 e. The number of unbranched alkanes of at least 4 members (excludes halogenated alkanes) is 7. The summed E-state index contributed by atoms with van der Waals surface area (Å²) in [7, 11) is 1.52. The van der Waals surface area contributed by atoms with Gasteiger partial charge in [-0.2, -0.15) is 0 Å². The molecule has 30 heavy (non-hydrogen) atoms. The molecule has 0 spiro atoms. The molecule has 4 nitrogen and oxygen atoms in total. The fourth-order valence-electron chi connectivity index (χ4n) is 3.50. The number of benzene rings is 1. The van der Waals surface area contributed by atoms with Gasteiger partial charge in [-0.05, 0) is 62.6 Å². The van der Waals surface area contributed by atoms with Crippen molar-refractivity contribution in [3.8, 4) is 11.5 Å². The number of primary amides is 1. The minimum Gasteiger partial charge on any atom is -0.504 e. The maximum atomic E-state index is 11.8. The molecule has 1 unspecified atom stereocenters. The number of rotatable bonds is 17. The number of phenols is 1. The lowest BCUT2D eigenvalue weighted by Crippen LogP contribution is -2.25. The predicted octanol–water partition coefficient (Wildman–Crippen LogP) is 6.47. The highest BCUT2D eigenvalue weighted by Crippen LogP contribution is 2.28. The first-order chi connectivity index (χ1) is 14.6. The molecular weight excluding hydrogens is 374 g/mol. The van der Waals surface area contributed by atoms with E-state index >= 15 is 0 Å². The van der Waals surface area contributed by atoms with Crippen LogP contribution in [-0.2, 0) is 11.2 Å². The number of hydrogen-bond acceptors (Lipinski definition) is 3. The number of allylic oxidation sites excluding steroid dienone is 4. The zero-order valence-corrected chi connectivity index (χ0v) is 18.9. The van der Waals surface area contributed by atoms with Crippen molar-refractivity contribution < 1.29 is 14.6 Å². The number of carbonyl (C=O) groups is 1. The van der Waals surface area contributed by atoms with Crippen LogP contribution in [0.1, 0.15) is 83.1 Å². The average Bonchev–Trinajstić information content (AvgIpc) is 2.74. The van der Waals surface area contributed by atoms with Gasteiger partial charge < -0.3 is 15.6 Å². The number of ether oxygens (including phenoxy) is 1. The zero-order chi connectivity index (χ0) is 22.0. The first-order valence-corrected chi connectivity index (χ1v) is 11.5. The Hall–Kier alpha value is -2.23. The molecule has 0 fully saturated rings. The van der Waals surface area contributed by atoms with E-state index in [1.807, 2.05) is 6.07 Å². The van der Waals surface area contributed by atoms with Gasteiger partial charge >= 0.3 is 0 Å². The van der Waals surface area contributed by atoms with Crippen molar-refractivity contribution >= 4 is 5.91 Å². The van der Waals surface area contributed by atoms with Crippen LogP contribution in [-0.4, -0.2) is 18.1 Å². The van der Waals surface area contributed by atoms with Gasteiger partial charge in [0.15, 0.2) is 11.5 Å². The molecule has 0 aromatic heterocycles. The van der Waals surface area contributed by atoms with Crippen molar-refractivity contribution in [3.05, 3.63) is 48.1 Å². The number of phenolic OH excluding ortho intramolecular Hbond substituents is 1. The molecule has 1 rings (SSSR count). The summed E-state index contributed by atoms with van der Waals surface area (Å²) in [5, 5.41) is 9.70. The van der Waals surface area contributed by atoms with Crippen LogP contribution in [0.3, 0.4) is 0 Å². The lowest BCUT2D eigenvalue weighted by atomic mass is 9.92. The summed E-state index contributed by atoms with van der Waals surface area (Å²) < 4.78 is 5.14. The molecule has 3 N–H and O–H groups in total. The molecular formula is C26H41NO3. The molecule has 0 bridgehead atoms. The average molecular weight is 416 g/mol. The minimum atomic E-state index is -0.257. The van der Waals surface area contributed by atoms with Crippen LogP contribution < -0.4 is 10.5 Å². The van der Waals surface area contributed by atoms with Gasteiger partial charge in [-0.25, -0.2) is 0 Å². The van der Waals surface area contributed by atoms with Crippen molar-refractivity contribution in [2.75, 3.05) is 7.11 Å². The second-order valence-electron chi connectivity index (χ2n) is 7.98. The fourth-order valence-corrected chi connectivity index (χ4v) is 3.50. The Morgan fingerprint density at radius 1 is 1.03 bits per heavy atom. The van der Waals surface area contributed by atoms with E-state index in [0.29, 0.717) is 12.2 Å². The quantitative estimate of drug-likeness (QED) is 0.226. The van der Waals surface area contributed by atoms with E-state index < -0.39 is 0 Å². The summed E-state index contributed by atoms with van der Waals surface area (Å²) in [4.78, 5) is 11.8. The van der Waals surface area contributed by atoms with Crippen molar-refractivity contribution in [1.29, 1.82) is 0 Å². The second kappa shape index (κ2) is 16.6. The third kappa shape index (κ3) is 11.7. The molecule has 0 heterocycles. The smallest absolute Gasteiger partial charge is 0.220 e. The number of aromatic hydroxyl groups is 1. The molecule has 0 aliphatic heterocycles. The van der Waals surface area contributed by atoms with Crippen LogP contribution in [0.15, 0.2) is 42.5 Å². The summed E-state index contributed by atoms with van der Waals surface area (Å²) in [6.45, 7) is 2.23. The Morgan fingerprint density at radius 3 is 2.33 bits per heavy atom. The molecule has 0 saturated heterocycles. The second-order valence-corrected chi connectivity index (χ2v) is 7.98. The molecule has 0 aliphatic rings. The Bertz CT molecular complexity index is 652. The fraction of sp³-hybridized carbons (Fsp3) is 0.577. The maximum absolute atomic E-state index is 11.8. The Balaban J connectivity index is 2.17. The minimum absolute atomic E-state index is 0.105. The number of carbonyl (C=O) groups excluding carboxylic acids is 1. The van der Waals surface area contributed by atoms with Crippen molar-refractivity contribution in [1.82, 2.24) is 0 Å². The molecule has 0 radical (unpaired) electrons. The number of nitrogens with two attached hydrogens (primary N) is 1. The molecule has 1 aromatic rings. The van der Waals surface area contributed by atoms with E-state index in [2.05, 4.69) is 31.2 Å². The molecule has 1 aromatic carbocycles. The zero-order valence-electron chi connectivity index (χ0n) is 18.9. The van der Waals surface area contributed by atoms with Crippen LogP contribution in [0.2, 0.25) is 0 Å². The van der Waals surface area contributed by atoms with Crippen LogP contribution >= 0.6 is 0 Å². The molecule has 0 aliphatic carbocycles. The van der Waals surface area contributed by atoms with Gasteiger partial charge in [0.25, 0.3) is 0 Å². The predicted molar refractivity (Wildman–Crippen MR) is 126 cm³/mol. The largest absolute Gasteiger partial charge is 0.504 e. The third-order valence-corrected chi connectivity index (χ3v) is 5.38. The van der Waals surface area contributed by atoms with E-state index in [9.17, 15) is 9.90 Å². The van der Waals surface area contributed by atoms with Crippen molar-refractivity contribution in [2.45, 2.75) is 84.0 Å². The van der Waals surface area contributed by atoms with Gasteiger partial charge in [-0.15, -0.1) is 0 Å². The standard InChI is InChI=1S/C26H41NO3/c1-3-4-5-6-7-8-9-10-11-12-13-14-15-16-17-23(26(27)29)20-22-18-19-24(28)25(21-22)30-2/h7-8,10-11,18-19,21,23,28H,3-6,9,12-17,20H2,1-2H3,(H2,27,29)/b8-7-,11-10-. The van der Waals surface area contributed by atoms with Crippen LogP contribution in [0, 0.1) is 5.92 Å². The van der Waals surface area contributed by atoms with E-state index in [0.717, 1.165) is 37.7 Å². The van der Waals surface area contributed by atoms with Gasteiger partial charge in [0, 0.05) is 5.92 Å². The summed E-state index contributed by atoms with van der Waals surface area (Å²) in [6.07, 6.45) is 22.2. The first-order valence-electron chi connectivity index (χ1n) is 11.5. The molecule has 4 heteroatoms. The summed E-state index contributed by atoms with van der Waals surface area (Å²) in [6, 6.07) is 5.19. The summed E-state index contributed by atoms with van der Waals surface area (Å²) in [5.74, 6) is 0.0978. The summed E-state index contributed by atoms with van der Waals surface area (Å²) >= 11 is 0. The Kier molecular flexibility index (Phi) is 14.2. The van der Waals surface area contributed by atoms with Gasteiger partial charge in [-0.3, -0.25) is 4.79 Å². The van der Waals surface area contributed by atoms with Gasteiger partial charge in [-0.1, -0.05) is 69.4 Å². The highest BCUT2D eigenvalue weighted by atomic mass is 16.5. The number of methoxy groups -OCH3 is 1. The van der Waals surface area contributed by atoms with Crippen molar-refractivity contribution in [3.63, 3.8) is 0 Å². The van der Waals surface area contributed by atoms with E-state index in [4.69, 9.17) is 10.5 Å². The number of hydrogen-bond donors (Lipinski definition) is 2.